The number of halogens is 1. The number of aliphatic imine (C=N–C) groups is 1. The monoisotopic (exact) mass is 422 g/mol. The number of hydrogen-bond donors (Lipinski definition) is 1. The molecular weight excluding hydrogens is 404 g/mol. The highest BCUT2D eigenvalue weighted by molar-refractivity contribution is 9.10. The molecule has 3 aromatic carbocycles. The van der Waals surface area contributed by atoms with Gasteiger partial charge in [-0.2, -0.15) is 0 Å². The van der Waals surface area contributed by atoms with Crippen molar-refractivity contribution in [2.75, 3.05) is 0 Å². The molecule has 0 saturated carbocycles. The molecule has 1 N–H and O–H groups in total. The molecule has 26 heavy (non-hydrogen) atoms. The highest BCUT2D eigenvalue weighted by Gasteiger charge is 2.31. The first kappa shape index (κ1) is 17.4. The molecule has 2 nitrogen and oxygen atoms in total. The quantitative estimate of drug-likeness (QED) is 0.547. The van der Waals surface area contributed by atoms with Crippen LogP contribution in [-0.2, 0) is 5.75 Å². The second-order valence-corrected chi connectivity index (χ2v) is 8.02. The molecule has 4 rings (SSSR count). The van der Waals surface area contributed by atoms with E-state index < -0.39 is 0 Å². The summed E-state index contributed by atoms with van der Waals surface area (Å²) in [7, 11) is 0. The van der Waals surface area contributed by atoms with E-state index in [9.17, 15) is 0 Å². The van der Waals surface area contributed by atoms with Gasteiger partial charge in [0.2, 0.25) is 0 Å². The Labute approximate surface area is 166 Å². The molecule has 0 fully saturated rings. The summed E-state index contributed by atoms with van der Waals surface area (Å²) in [6.07, 6.45) is 0. The predicted molar refractivity (Wildman–Crippen MR) is 114 cm³/mol. The van der Waals surface area contributed by atoms with Crippen molar-refractivity contribution in [1.29, 1.82) is 0 Å². The summed E-state index contributed by atoms with van der Waals surface area (Å²) in [6, 6.07) is 29.7. The molecule has 3 aromatic rings. The van der Waals surface area contributed by atoms with Gasteiger partial charge in [-0.3, -0.25) is 4.99 Å². The van der Waals surface area contributed by atoms with Gasteiger partial charge < -0.3 is 5.32 Å². The molecule has 0 aliphatic carbocycles. The maximum atomic E-state index is 5.01. The van der Waals surface area contributed by atoms with Crippen LogP contribution >= 0.6 is 27.7 Å². The summed E-state index contributed by atoms with van der Waals surface area (Å²) in [5, 5.41) is 4.65. The maximum Gasteiger partial charge on any atom is 0.158 e. The minimum Gasteiger partial charge on any atom is -0.356 e. The fourth-order valence-electron chi connectivity index (χ4n) is 3.13. The van der Waals surface area contributed by atoms with Gasteiger partial charge in [0, 0.05) is 10.2 Å². The molecule has 0 radical (unpaired) electrons. The van der Waals surface area contributed by atoms with Crippen LogP contribution in [0, 0.1) is 0 Å². The lowest BCUT2D eigenvalue weighted by atomic mass is 9.95. The topological polar surface area (TPSA) is 24.4 Å². The lowest BCUT2D eigenvalue weighted by Crippen LogP contribution is -2.22. The van der Waals surface area contributed by atoms with E-state index >= 15 is 0 Å². The van der Waals surface area contributed by atoms with Crippen LogP contribution in [0.4, 0.5) is 0 Å². The second kappa shape index (κ2) is 8.11. The van der Waals surface area contributed by atoms with Crippen LogP contribution in [0.2, 0.25) is 0 Å². The van der Waals surface area contributed by atoms with Crippen LogP contribution in [0.1, 0.15) is 28.8 Å². The van der Waals surface area contributed by atoms with Crippen LogP contribution in [0.5, 0.6) is 0 Å². The van der Waals surface area contributed by atoms with Crippen molar-refractivity contribution in [3.8, 4) is 0 Å². The third kappa shape index (κ3) is 3.87. The van der Waals surface area contributed by atoms with Crippen molar-refractivity contribution in [2.24, 2.45) is 4.99 Å². The Balaban J connectivity index is 1.57. The van der Waals surface area contributed by atoms with Gasteiger partial charge in [-0.1, -0.05) is 107 Å². The molecule has 2 unspecified atom stereocenters. The van der Waals surface area contributed by atoms with Crippen molar-refractivity contribution in [1.82, 2.24) is 5.32 Å². The largest absolute Gasteiger partial charge is 0.356 e. The van der Waals surface area contributed by atoms with E-state index in [1.165, 1.54) is 16.7 Å². The zero-order valence-electron chi connectivity index (χ0n) is 14.2. The minimum atomic E-state index is 0.0975. The first-order chi connectivity index (χ1) is 12.8. The van der Waals surface area contributed by atoms with Gasteiger partial charge in [0.05, 0.1) is 6.04 Å². The van der Waals surface area contributed by atoms with E-state index in [0.29, 0.717) is 0 Å². The SMILES string of the molecule is Brc1ccccc1CSC1=NC(c2ccccc2)C(c2ccccc2)N1. The van der Waals surface area contributed by atoms with Crippen LogP contribution in [0.3, 0.4) is 0 Å². The van der Waals surface area contributed by atoms with Gasteiger partial charge in [-0.05, 0) is 22.8 Å². The summed E-state index contributed by atoms with van der Waals surface area (Å²) in [4.78, 5) is 5.01. The lowest BCUT2D eigenvalue weighted by molar-refractivity contribution is 0.573. The molecule has 2 atom stereocenters. The summed E-state index contributed by atoms with van der Waals surface area (Å²) >= 11 is 5.39. The smallest absolute Gasteiger partial charge is 0.158 e. The molecule has 1 aliphatic rings. The lowest BCUT2D eigenvalue weighted by Gasteiger charge is -2.19. The number of benzene rings is 3. The van der Waals surface area contributed by atoms with Crippen LogP contribution < -0.4 is 5.32 Å². The van der Waals surface area contributed by atoms with Gasteiger partial charge in [0.15, 0.2) is 5.17 Å². The van der Waals surface area contributed by atoms with Crippen LogP contribution in [-0.4, -0.2) is 5.17 Å². The highest BCUT2D eigenvalue weighted by Crippen LogP contribution is 2.38. The first-order valence-corrected chi connectivity index (χ1v) is 10.4. The molecule has 1 aliphatic heterocycles. The van der Waals surface area contributed by atoms with E-state index in [-0.39, 0.29) is 12.1 Å². The Kier molecular flexibility index (Phi) is 5.42. The minimum absolute atomic E-state index is 0.0975. The van der Waals surface area contributed by atoms with E-state index in [2.05, 4.69) is 100 Å². The third-order valence-electron chi connectivity index (χ3n) is 4.47. The Morgan fingerprint density at radius 2 is 1.42 bits per heavy atom. The molecule has 0 amide bonds. The number of nitrogens with one attached hydrogen (secondary N) is 1. The third-order valence-corrected chi connectivity index (χ3v) is 6.20. The molecule has 4 heteroatoms. The summed E-state index contributed by atoms with van der Waals surface area (Å²) in [5.41, 5.74) is 3.79. The molecule has 1 heterocycles. The summed E-state index contributed by atoms with van der Waals surface area (Å²) < 4.78 is 1.14. The van der Waals surface area contributed by atoms with Crippen molar-refractivity contribution >= 4 is 32.9 Å². The first-order valence-electron chi connectivity index (χ1n) is 8.62. The van der Waals surface area contributed by atoms with Crippen molar-refractivity contribution in [3.63, 3.8) is 0 Å². The van der Waals surface area contributed by atoms with Gasteiger partial charge in [0.1, 0.15) is 6.04 Å². The number of amidine groups is 1. The predicted octanol–water partition coefficient (Wildman–Crippen LogP) is 6.12. The Morgan fingerprint density at radius 1 is 0.808 bits per heavy atom. The standard InChI is InChI=1S/C22H19BrN2S/c23-19-14-8-7-13-18(19)15-26-22-24-20(16-9-3-1-4-10-16)21(25-22)17-11-5-2-6-12-17/h1-14,20-21H,15H2,(H,24,25). The maximum absolute atomic E-state index is 5.01. The van der Waals surface area contributed by atoms with Gasteiger partial charge >= 0.3 is 0 Å². The second-order valence-electron chi connectivity index (χ2n) is 6.20. The normalized spacial score (nSPS) is 19.0. The number of nitrogens with zero attached hydrogens (tertiary/aromatic N) is 1. The fourth-order valence-corrected chi connectivity index (χ4v) is 4.69. The summed E-state index contributed by atoms with van der Waals surface area (Å²) in [6.45, 7) is 0. The average molecular weight is 423 g/mol. The Bertz CT molecular complexity index is 896. The molecule has 0 bridgehead atoms. The number of hydrogen-bond acceptors (Lipinski definition) is 3. The molecule has 0 spiro atoms. The highest BCUT2D eigenvalue weighted by atomic mass is 79.9. The van der Waals surface area contributed by atoms with E-state index in [1.54, 1.807) is 11.8 Å². The molecule has 0 saturated heterocycles. The fraction of sp³-hybridized carbons (Fsp3) is 0.136. The summed E-state index contributed by atoms with van der Waals surface area (Å²) in [5.74, 6) is 0.885. The Morgan fingerprint density at radius 3 is 2.12 bits per heavy atom. The van der Waals surface area contributed by atoms with Crippen molar-refractivity contribution < 1.29 is 0 Å². The van der Waals surface area contributed by atoms with Crippen molar-refractivity contribution in [2.45, 2.75) is 17.8 Å². The van der Waals surface area contributed by atoms with Gasteiger partial charge in [-0.15, -0.1) is 0 Å². The van der Waals surface area contributed by atoms with Crippen LogP contribution in [0.25, 0.3) is 0 Å². The van der Waals surface area contributed by atoms with Crippen LogP contribution in [0.15, 0.2) is 94.4 Å². The van der Waals surface area contributed by atoms with E-state index in [1.807, 2.05) is 6.07 Å². The van der Waals surface area contributed by atoms with Gasteiger partial charge in [-0.25, -0.2) is 0 Å². The molecule has 130 valence electrons. The molecular formula is C22H19BrN2S. The van der Waals surface area contributed by atoms with Crippen molar-refractivity contribution in [3.05, 3.63) is 106 Å². The zero-order chi connectivity index (χ0) is 17.8. The van der Waals surface area contributed by atoms with Gasteiger partial charge in [0.25, 0.3) is 0 Å². The average Bonchev–Trinajstić information content (AvgIpc) is 3.13. The molecule has 0 aromatic heterocycles. The number of thioether (sulfide) groups is 1. The zero-order valence-corrected chi connectivity index (χ0v) is 16.6. The number of rotatable bonds is 4. The van der Waals surface area contributed by atoms with E-state index in [0.717, 1.165) is 15.4 Å². The van der Waals surface area contributed by atoms with E-state index in [4.69, 9.17) is 4.99 Å². The Hall–Kier alpha value is -2.04.